The number of nitrogens with one attached hydrogen (secondary N) is 4. The molecule has 4 amide bonds. The number of hydrogen-bond acceptors (Lipinski definition) is 8. The molecule has 0 saturated heterocycles. The van der Waals surface area contributed by atoms with E-state index in [0.29, 0.717) is 17.9 Å². The summed E-state index contributed by atoms with van der Waals surface area (Å²) in [6.45, 7) is 16.7. The molecule has 0 fully saturated rings. The number of benzene rings is 1. The Balaban J connectivity index is 1.68. The fraction of sp³-hybridized carbons (Fsp3) is 0.541. The van der Waals surface area contributed by atoms with Crippen molar-refractivity contribution >= 4 is 40.9 Å². The average Bonchev–Trinajstić information content (AvgIpc) is 3.50. The summed E-state index contributed by atoms with van der Waals surface area (Å²) in [5.41, 5.74) is -0.812. The van der Waals surface area contributed by atoms with E-state index in [9.17, 15) is 24.0 Å². The molecular formula is C37H52N8O6. The minimum atomic E-state index is -1.02. The van der Waals surface area contributed by atoms with Crippen LogP contribution >= 0.6 is 0 Å². The molecule has 4 rings (SSSR count). The summed E-state index contributed by atoms with van der Waals surface area (Å²) in [6.07, 6.45) is 5.11. The summed E-state index contributed by atoms with van der Waals surface area (Å²) in [5.74, 6) is -1.26. The van der Waals surface area contributed by atoms with Crippen molar-refractivity contribution in [1.82, 2.24) is 35.1 Å². The van der Waals surface area contributed by atoms with Crippen molar-refractivity contribution < 1.29 is 23.9 Å². The number of allylic oxidation sites excluding steroid dienone is 2. The van der Waals surface area contributed by atoms with Gasteiger partial charge in [-0.15, -0.1) is 0 Å². The van der Waals surface area contributed by atoms with Gasteiger partial charge >= 0.3 is 6.09 Å². The molecule has 51 heavy (non-hydrogen) atoms. The number of carbonyl (C=O) groups excluding carboxylic acids is 4. The number of aromatic nitrogens is 4. The molecule has 1 aliphatic rings. The standard InChI is InChI=1S/C37H52N8O6/c1-35(2,3)24-15-17-25(18-16-24)41-31(48)28(36(4,5)6)44(20-19-38-34(50)51-37(7,8)9)26(46)21-45-32(49)27-29(40-22-39-27)42-33(45)43-30(47)23-13-11-10-12-14-23/h10-14,17,22,24,28H,15-16,18-21H2,1-9H3,(H,38,50)(H,39,40)(H,41,48)(H,42,43,47)/t24-,28+/m1/s1. The summed E-state index contributed by atoms with van der Waals surface area (Å²) >= 11 is 0. The number of ether oxygens (including phenoxy) is 1. The van der Waals surface area contributed by atoms with E-state index in [-0.39, 0.29) is 41.5 Å². The van der Waals surface area contributed by atoms with Gasteiger partial charge < -0.3 is 25.3 Å². The number of amides is 4. The Hall–Kier alpha value is -5.01. The number of aromatic amines is 1. The highest BCUT2D eigenvalue weighted by Crippen LogP contribution is 2.37. The van der Waals surface area contributed by atoms with Crippen LogP contribution in [0.5, 0.6) is 0 Å². The summed E-state index contributed by atoms with van der Waals surface area (Å²) in [5, 5.41) is 8.40. The predicted molar refractivity (Wildman–Crippen MR) is 195 cm³/mol. The minimum Gasteiger partial charge on any atom is -0.444 e. The molecule has 0 aliphatic heterocycles. The summed E-state index contributed by atoms with van der Waals surface area (Å²) in [4.78, 5) is 80.7. The fourth-order valence-electron chi connectivity index (χ4n) is 6.11. The zero-order valence-corrected chi connectivity index (χ0v) is 31.2. The third-order valence-corrected chi connectivity index (χ3v) is 8.74. The molecule has 14 nitrogen and oxygen atoms in total. The van der Waals surface area contributed by atoms with Crippen LogP contribution in [-0.2, 0) is 20.9 Å². The largest absolute Gasteiger partial charge is 0.444 e. The third-order valence-electron chi connectivity index (χ3n) is 8.74. The first-order valence-corrected chi connectivity index (χ1v) is 17.3. The van der Waals surface area contributed by atoms with Crippen molar-refractivity contribution in [3.63, 3.8) is 0 Å². The van der Waals surface area contributed by atoms with Crippen LogP contribution < -0.4 is 21.5 Å². The lowest BCUT2D eigenvalue weighted by Gasteiger charge is -2.40. The molecule has 4 N–H and O–H groups in total. The molecule has 2 aromatic heterocycles. The van der Waals surface area contributed by atoms with Crippen molar-refractivity contribution in [3.8, 4) is 0 Å². The molecule has 0 radical (unpaired) electrons. The average molecular weight is 705 g/mol. The number of hydrogen-bond donors (Lipinski definition) is 4. The van der Waals surface area contributed by atoms with Gasteiger partial charge in [-0.1, -0.05) is 65.8 Å². The molecule has 1 aliphatic carbocycles. The van der Waals surface area contributed by atoms with Gasteiger partial charge in [0.1, 0.15) is 18.2 Å². The van der Waals surface area contributed by atoms with E-state index in [4.69, 9.17) is 4.74 Å². The molecule has 276 valence electrons. The van der Waals surface area contributed by atoms with Gasteiger partial charge in [-0.25, -0.2) is 9.78 Å². The number of imidazole rings is 1. The Morgan fingerprint density at radius 3 is 2.29 bits per heavy atom. The van der Waals surface area contributed by atoms with Crippen LogP contribution in [0, 0.1) is 16.7 Å². The molecule has 3 aromatic rings. The van der Waals surface area contributed by atoms with Gasteiger partial charge in [0.2, 0.25) is 17.8 Å². The number of alkyl carbamates (subject to hydrolysis) is 1. The maximum absolute atomic E-state index is 14.5. The molecule has 1 aromatic carbocycles. The van der Waals surface area contributed by atoms with Crippen molar-refractivity contribution in [2.45, 2.75) is 99.8 Å². The van der Waals surface area contributed by atoms with Crippen molar-refractivity contribution in [1.29, 1.82) is 0 Å². The first-order valence-electron chi connectivity index (χ1n) is 17.3. The quantitative estimate of drug-likeness (QED) is 0.228. The second-order valence-corrected chi connectivity index (χ2v) is 16.1. The van der Waals surface area contributed by atoms with Crippen LogP contribution in [0.15, 0.2) is 53.2 Å². The first kappa shape index (κ1) is 38.8. The normalized spacial score (nSPS) is 15.8. The second-order valence-electron chi connectivity index (χ2n) is 16.1. The zero-order chi connectivity index (χ0) is 37.7. The van der Waals surface area contributed by atoms with E-state index in [1.165, 1.54) is 11.2 Å². The molecule has 0 bridgehead atoms. The molecule has 0 saturated carbocycles. The summed E-state index contributed by atoms with van der Waals surface area (Å²) in [6, 6.07) is 7.35. The maximum atomic E-state index is 14.5. The minimum absolute atomic E-state index is 0.0409. The molecular weight excluding hydrogens is 652 g/mol. The lowest BCUT2D eigenvalue weighted by molar-refractivity contribution is -0.144. The van der Waals surface area contributed by atoms with E-state index in [1.807, 2.05) is 20.8 Å². The van der Waals surface area contributed by atoms with Crippen molar-refractivity contribution in [3.05, 3.63) is 64.3 Å². The van der Waals surface area contributed by atoms with Crippen LogP contribution in [0.1, 0.15) is 91.9 Å². The maximum Gasteiger partial charge on any atom is 0.407 e. The van der Waals surface area contributed by atoms with Crippen LogP contribution in [0.2, 0.25) is 0 Å². The molecule has 2 heterocycles. The molecule has 14 heteroatoms. The lowest BCUT2D eigenvalue weighted by atomic mass is 9.74. The van der Waals surface area contributed by atoms with Gasteiger partial charge in [-0.2, -0.15) is 4.98 Å². The van der Waals surface area contributed by atoms with Crippen LogP contribution in [0.3, 0.4) is 0 Å². The summed E-state index contributed by atoms with van der Waals surface area (Å²) < 4.78 is 6.43. The topological polar surface area (TPSA) is 180 Å². The van der Waals surface area contributed by atoms with E-state index in [1.54, 1.807) is 51.1 Å². The first-order chi connectivity index (χ1) is 23.7. The lowest BCUT2D eigenvalue weighted by Crippen LogP contribution is -2.58. The van der Waals surface area contributed by atoms with E-state index >= 15 is 0 Å². The monoisotopic (exact) mass is 704 g/mol. The Bertz CT molecular complexity index is 1830. The number of nitrogens with zero attached hydrogens (tertiary/aromatic N) is 4. The van der Waals surface area contributed by atoms with E-state index in [0.717, 1.165) is 23.1 Å². The van der Waals surface area contributed by atoms with Gasteiger partial charge in [0.25, 0.3) is 11.5 Å². The molecule has 2 atom stereocenters. The smallest absolute Gasteiger partial charge is 0.407 e. The second kappa shape index (κ2) is 15.5. The van der Waals surface area contributed by atoms with Gasteiger partial charge in [-0.3, -0.25) is 29.1 Å². The van der Waals surface area contributed by atoms with E-state index in [2.05, 4.69) is 57.7 Å². The Labute approximate surface area is 298 Å². The van der Waals surface area contributed by atoms with Gasteiger partial charge in [-0.05, 0) is 68.9 Å². The van der Waals surface area contributed by atoms with Crippen LogP contribution in [0.4, 0.5) is 10.7 Å². The van der Waals surface area contributed by atoms with Crippen LogP contribution in [-0.4, -0.2) is 73.0 Å². The predicted octanol–water partition coefficient (Wildman–Crippen LogP) is 4.99. The van der Waals surface area contributed by atoms with Gasteiger partial charge in [0.05, 0.1) is 6.33 Å². The van der Waals surface area contributed by atoms with Gasteiger partial charge in [0, 0.05) is 24.4 Å². The van der Waals surface area contributed by atoms with Crippen molar-refractivity contribution in [2.75, 3.05) is 18.4 Å². The molecule has 0 unspecified atom stereocenters. The number of anilines is 1. The van der Waals surface area contributed by atoms with E-state index < -0.39 is 47.1 Å². The van der Waals surface area contributed by atoms with Crippen LogP contribution in [0.25, 0.3) is 11.2 Å². The summed E-state index contributed by atoms with van der Waals surface area (Å²) in [7, 11) is 0. The van der Waals surface area contributed by atoms with Crippen molar-refractivity contribution in [2.24, 2.45) is 16.7 Å². The highest BCUT2D eigenvalue weighted by atomic mass is 16.6. The fourth-order valence-corrected chi connectivity index (χ4v) is 6.11. The number of carbonyl (C=O) groups is 4. The highest BCUT2D eigenvalue weighted by Gasteiger charge is 2.40. The number of fused-ring (bicyclic) bond motifs is 1. The number of rotatable bonds is 10. The Morgan fingerprint density at radius 2 is 1.71 bits per heavy atom. The SMILES string of the molecule is CC(C)(C)OC(=O)NCCN(C(=O)Cn1c(NC(=O)c2ccccc2)nc2nc[nH]c2c1=O)[C@@H](C(=O)NC1=CC[C@@H](C(C)(C)C)CC1)C(C)(C)C. The van der Waals surface area contributed by atoms with Gasteiger partial charge in [0.15, 0.2) is 11.2 Å². The third kappa shape index (κ3) is 10.3. The highest BCUT2D eigenvalue weighted by molar-refractivity contribution is 6.03. The molecule has 0 spiro atoms. The number of H-pyrrole nitrogens is 1. The zero-order valence-electron chi connectivity index (χ0n) is 31.2. The Kier molecular flexibility index (Phi) is 11.8. The Morgan fingerprint density at radius 1 is 1.02 bits per heavy atom.